The highest BCUT2D eigenvalue weighted by atomic mass is 16.5. The molecule has 0 spiro atoms. The summed E-state index contributed by atoms with van der Waals surface area (Å²) in [6, 6.07) is 4.94. The molecule has 0 radical (unpaired) electrons. The third-order valence-electron chi connectivity index (χ3n) is 2.69. The molecule has 1 heterocycles. The van der Waals surface area contributed by atoms with Gasteiger partial charge in [-0.1, -0.05) is 0 Å². The molecule has 0 saturated heterocycles. The molecule has 1 aliphatic rings. The summed E-state index contributed by atoms with van der Waals surface area (Å²) in [7, 11) is 1.62. The zero-order valence-corrected chi connectivity index (χ0v) is 10.7. The molecule has 0 fully saturated rings. The van der Waals surface area contributed by atoms with Gasteiger partial charge in [-0.2, -0.15) is 0 Å². The van der Waals surface area contributed by atoms with Crippen molar-refractivity contribution in [3.63, 3.8) is 0 Å². The molecule has 1 aromatic carbocycles. The Morgan fingerprint density at radius 1 is 1.53 bits per heavy atom. The van der Waals surface area contributed by atoms with E-state index >= 15 is 0 Å². The van der Waals surface area contributed by atoms with Crippen LogP contribution in [-0.4, -0.2) is 38.7 Å². The highest BCUT2D eigenvalue weighted by Gasteiger charge is 2.17. The molecule has 0 saturated carbocycles. The number of nitrogens with one attached hydrogen (secondary N) is 2. The van der Waals surface area contributed by atoms with E-state index in [1.807, 2.05) is 0 Å². The molecular weight excluding hydrogens is 248 g/mol. The van der Waals surface area contributed by atoms with E-state index in [1.165, 1.54) is 0 Å². The van der Waals surface area contributed by atoms with Crippen molar-refractivity contribution >= 4 is 17.5 Å². The van der Waals surface area contributed by atoms with Crippen molar-refractivity contribution in [1.82, 2.24) is 5.32 Å². The van der Waals surface area contributed by atoms with Crippen molar-refractivity contribution < 1.29 is 19.1 Å². The standard InChI is InChI=1S/C13H16N2O4/c1-18-6-2-5-14-13(17)9-3-4-10-11(7-9)19-8-12(16)15-10/h3-4,7H,2,5-6,8H2,1H3,(H,14,17)(H,15,16). The Labute approximate surface area is 111 Å². The van der Waals surface area contributed by atoms with Crippen molar-refractivity contribution in [2.24, 2.45) is 0 Å². The fourth-order valence-corrected chi connectivity index (χ4v) is 1.74. The second kappa shape index (κ2) is 6.19. The van der Waals surface area contributed by atoms with Crippen LogP contribution in [0.3, 0.4) is 0 Å². The molecular formula is C13H16N2O4. The van der Waals surface area contributed by atoms with Gasteiger partial charge in [-0.15, -0.1) is 0 Å². The minimum atomic E-state index is -0.190. The van der Waals surface area contributed by atoms with Gasteiger partial charge in [0.1, 0.15) is 5.75 Å². The lowest BCUT2D eigenvalue weighted by molar-refractivity contribution is -0.118. The average molecular weight is 264 g/mol. The number of amides is 2. The number of rotatable bonds is 5. The van der Waals surface area contributed by atoms with Crippen LogP contribution in [0.1, 0.15) is 16.8 Å². The molecule has 102 valence electrons. The maximum Gasteiger partial charge on any atom is 0.262 e. The van der Waals surface area contributed by atoms with E-state index in [2.05, 4.69) is 10.6 Å². The van der Waals surface area contributed by atoms with E-state index in [9.17, 15) is 9.59 Å². The Morgan fingerprint density at radius 3 is 3.16 bits per heavy atom. The van der Waals surface area contributed by atoms with Gasteiger partial charge in [-0.3, -0.25) is 9.59 Å². The van der Waals surface area contributed by atoms with Gasteiger partial charge in [-0.25, -0.2) is 0 Å². The largest absolute Gasteiger partial charge is 0.482 e. The number of benzene rings is 1. The molecule has 19 heavy (non-hydrogen) atoms. The Kier molecular flexibility index (Phi) is 4.35. The van der Waals surface area contributed by atoms with Gasteiger partial charge in [-0.05, 0) is 24.6 Å². The van der Waals surface area contributed by atoms with Crippen LogP contribution < -0.4 is 15.4 Å². The highest BCUT2D eigenvalue weighted by molar-refractivity contribution is 5.98. The summed E-state index contributed by atoms with van der Waals surface area (Å²) in [4.78, 5) is 23.0. The molecule has 0 aliphatic carbocycles. The molecule has 6 nitrogen and oxygen atoms in total. The van der Waals surface area contributed by atoms with E-state index in [0.717, 1.165) is 6.42 Å². The first-order chi connectivity index (χ1) is 9.20. The second-order valence-electron chi connectivity index (χ2n) is 4.15. The van der Waals surface area contributed by atoms with Crippen LogP contribution in [0.25, 0.3) is 0 Å². The van der Waals surface area contributed by atoms with Crippen LogP contribution in [0.15, 0.2) is 18.2 Å². The number of methoxy groups -OCH3 is 1. The van der Waals surface area contributed by atoms with Crippen LogP contribution in [-0.2, 0) is 9.53 Å². The van der Waals surface area contributed by atoms with Crippen LogP contribution in [0.5, 0.6) is 5.75 Å². The van der Waals surface area contributed by atoms with E-state index in [1.54, 1.807) is 25.3 Å². The second-order valence-corrected chi connectivity index (χ2v) is 4.15. The number of carbonyl (C=O) groups is 2. The van der Waals surface area contributed by atoms with Gasteiger partial charge in [0, 0.05) is 25.8 Å². The third kappa shape index (κ3) is 3.45. The van der Waals surface area contributed by atoms with Gasteiger partial charge in [0.05, 0.1) is 5.69 Å². The summed E-state index contributed by atoms with van der Waals surface area (Å²) in [5.41, 5.74) is 1.10. The van der Waals surface area contributed by atoms with Gasteiger partial charge in [0.25, 0.3) is 11.8 Å². The first kappa shape index (κ1) is 13.4. The number of ether oxygens (including phenoxy) is 2. The lowest BCUT2D eigenvalue weighted by Crippen LogP contribution is -2.27. The van der Waals surface area contributed by atoms with Gasteiger partial charge in [0.15, 0.2) is 6.61 Å². The predicted molar refractivity (Wildman–Crippen MR) is 69.4 cm³/mol. The maximum absolute atomic E-state index is 11.9. The molecule has 0 unspecified atom stereocenters. The predicted octanol–water partition coefficient (Wildman–Crippen LogP) is 0.784. The zero-order chi connectivity index (χ0) is 13.7. The van der Waals surface area contributed by atoms with Crippen molar-refractivity contribution in [2.75, 3.05) is 32.2 Å². The minimum absolute atomic E-state index is 0.0219. The molecule has 0 aromatic heterocycles. The van der Waals surface area contributed by atoms with E-state index in [-0.39, 0.29) is 18.4 Å². The normalized spacial score (nSPS) is 13.2. The van der Waals surface area contributed by atoms with Crippen LogP contribution in [0.4, 0.5) is 5.69 Å². The number of fused-ring (bicyclic) bond motifs is 1. The number of anilines is 1. The minimum Gasteiger partial charge on any atom is -0.482 e. The van der Waals surface area contributed by atoms with E-state index in [4.69, 9.17) is 9.47 Å². The lowest BCUT2D eigenvalue weighted by atomic mass is 10.1. The van der Waals surface area contributed by atoms with Crippen LogP contribution >= 0.6 is 0 Å². The van der Waals surface area contributed by atoms with Crippen molar-refractivity contribution in [3.8, 4) is 5.75 Å². The number of hydrogen-bond donors (Lipinski definition) is 2. The quantitative estimate of drug-likeness (QED) is 0.771. The molecule has 6 heteroatoms. The molecule has 2 rings (SSSR count). The first-order valence-electron chi connectivity index (χ1n) is 6.04. The monoisotopic (exact) mass is 264 g/mol. The fourth-order valence-electron chi connectivity index (χ4n) is 1.74. The number of hydrogen-bond acceptors (Lipinski definition) is 4. The Balaban J connectivity index is 1.97. The van der Waals surface area contributed by atoms with Gasteiger partial charge in [0.2, 0.25) is 0 Å². The number of carbonyl (C=O) groups excluding carboxylic acids is 2. The van der Waals surface area contributed by atoms with Crippen LogP contribution in [0.2, 0.25) is 0 Å². The van der Waals surface area contributed by atoms with Gasteiger partial charge >= 0.3 is 0 Å². The smallest absolute Gasteiger partial charge is 0.262 e. The zero-order valence-electron chi connectivity index (χ0n) is 10.7. The summed E-state index contributed by atoms with van der Waals surface area (Å²) in [6.45, 7) is 1.15. The van der Waals surface area contributed by atoms with E-state index < -0.39 is 0 Å². The van der Waals surface area contributed by atoms with Crippen molar-refractivity contribution in [3.05, 3.63) is 23.8 Å². The molecule has 1 aromatic rings. The molecule has 0 bridgehead atoms. The summed E-state index contributed by atoms with van der Waals surface area (Å²) < 4.78 is 10.2. The van der Waals surface area contributed by atoms with Crippen molar-refractivity contribution in [1.29, 1.82) is 0 Å². The third-order valence-corrected chi connectivity index (χ3v) is 2.69. The van der Waals surface area contributed by atoms with Gasteiger partial charge < -0.3 is 20.1 Å². The molecule has 2 N–H and O–H groups in total. The summed E-state index contributed by atoms with van der Waals surface area (Å²) >= 11 is 0. The lowest BCUT2D eigenvalue weighted by Gasteiger charge is -2.18. The van der Waals surface area contributed by atoms with Crippen LogP contribution in [0, 0.1) is 0 Å². The molecule has 2 amide bonds. The molecule has 1 aliphatic heterocycles. The van der Waals surface area contributed by atoms with Crippen molar-refractivity contribution in [2.45, 2.75) is 6.42 Å². The summed E-state index contributed by atoms with van der Waals surface area (Å²) in [5, 5.41) is 5.46. The fraction of sp³-hybridized carbons (Fsp3) is 0.385. The summed E-state index contributed by atoms with van der Waals surface area (Å²) in [5.74, 6) is 0.160. The van der Waals surface area contributed by atoms with E-state index in [0.29, 0.717) is 30.2 Å². The highest BCUT2D eigenvalue weighted by Crippen LogP contribution is 2.28. The Hall–Kier alpha value is -2.08. The first-order valence-corrected chi connectivity index (χ1v) is 6.04. The Morgan fingerprint density at radius 2 is 2.37 bits per heavy atom. The summed E-state index contributed by atoms with van der Waals surface area (Å²) in [6.07, 6.45) is 0.764. The SMILES string of the molecule is COCCCNC(=O)c1ccc2c(c1)OCC(=O)N2. The maximum atomic E-state index is 11.9. The Bertz CT molecular complexity index is 488. The molecule has 0 atom stereocenters. The topological polar surface area (TPSA) is 76.7 Å². The average Bonchev–Trinajstić information content (AvgIpc) is 2.42.